The van der Waals surface area contributed by atoms with Crippen LogP contribution in [-0.2, 0) is 6.42 Å². The van der Waals surface area contributed by atoms with Crippen molar-refractivity contribution in [2.75, 3.05) is 0 Å². The Kier molecular flexibility index (Phi) is 3.25. The molecule has 0 bridgehead atoms. The van der Waals surface area contributed by atoms with Crippen LogP contribution in [0.15, 0.2) is 24.3 Å². The fourth-order valence-electron chi connectivity index (χ4n) is 2.35. The van der Waals surface area contributed by atoms with Crippen LogP contribution in [0, 0.1) is 12.7 Å². The lowest BCUT2D eigenvalue weighted by Gasteiger charge is -2.06. The number of aryl methyl sites for hydroxylation is 2. The quantitative estimate of drug-likeness (QED) is 0.801. The molecule has 4 nitrogen and oxygen atoms in total. The first-order valence-electron chi connectivity index (χ1n) is 6.52. The average Bonchev–Trinajstić information content (AvgIpc) is 2.98. The fourth-order valence-corrected chi connectivity index (χ4v) is 3.34. The monoisotopic (exact) mass is 304 g/mol. The van der Waals surface area contributed by atoms with Crippen molar-refractivity contribution in [1.29, 1.82) is 0 Å². The molecular weight excluding hydrogens is 291 g/mol. The minimum atomic E-state index is -0.944. The van der Waals surface area contributed by atoms with E-state index in [1.165, 1.54) is 23.5 Å². The topological polar surface area (TPSA) is 55.1 Å². The van der Waals surface area contributed by atoms with Gasteiger partial charge in [-0.1, -0.05) is 6.92 Å². The maximum absolute atomic E-state index is 13.3. The van der Waals surface area contributed by atoms with E-state index in [0.29, 0.717) is 6.42 Å². The number of thiophene rings is 1. The molecule has 0 aliphatic heterocycles. The van der Waals surface area contributed by atoms with Crippen LogP contribution in [0.4, 0.5) is 4.39 Å². The first-order valence-corrected chi connectivity index (χ1v) is 7.34. The van der Waals surface area contributed by atoms with E-state index in [1.54, 1.807) is 16.8 Å². The van der Waals surface area contributed by atoms with Crippen LogP contribution in [0.3, 0.4) is 0 Å². The molecule has 3 rings (SSSR count). The molecule has 0 spiro atoms. The minimum absolute atomic E-state index is 0.283. The van der Waals surface area contributed by atoms with Crippen LogP contribution in [0.25, 0.3) is 15.9 Å². The van der Waals surface area contributed by atoms with Crippen molar-refractivity contribution in [1.82, 2.24) is 9.78 Å². The Morgan fingerprint density at radius 2 is 2.19 bits per heavy atom. The summed E-state index contributed by atoms with van der Waals surface area (Å²) < 4.78 is 15.0. The number of hydrogen-bond donors (Lipinski definition) is 1. The molecule has 0 saturated carbocycles. The average molecular weight is 304 g/mol. The van der Waals surface area contributed by atoms with Gasteiger partial charge in [-0.25, -0.2) is 13.9 Å². The van der Waals surface area contributed by atoms with Gasteiger partial charge in [0.1, 0.15) is 15.5 Å². The largest absolute Gasteiger partial charge is 0.477 e. The first-order chi connectivity index (χ1) is 10.0. The van der Waals surface area contributed by atoms with Crippen molar-refractivity contribution in [2.24, 2.45) is 0 Å². The molecule has 0 atom stereocenters. The summed E-state index contributed by atoms with van der Waals surface area (Å²) in [5.41, 5.74) is 2.37. The van der Waals surface area contributed by atoms with Gasteiger partial charge in [0.2, 0.25) is 0 Å². The van der Waals surface area contributed by atoms with E-state index >= 15 is 0 Å². The number of aromatic nitrogens is 2. The molecule has 108 valence electrons. The number of rotatable bonds is 3. The van der Waals surface area contributed by atoms with Gasteiger partial charge in [-0.3, -0.25) is 0 Å². The summed E-state index contributed by atoms with van der Waals surface area (Å²) in [7, 11) is 0. The lowest BCUT2D eigenvalue weighted by molar-refractivity contribution is 0.0702. The maximum atomic E-state index is 13.3. The third-order valence-corrected chi connectivity index (χ3v) is 4.47. The minimum Gasteiger partial charge on any atom is -0.477 e. The number of carboxylic acids is 1. The molecule has 2 heterocycles. The van der Waals surface area contributed by atoms with Crippen molar-refractivity contribution in [3.05, 3.63) is 46.2 Å². The predicted octanol–water partition coefficient (Wildman–Crippen LogP) is 3.80. The van der Waals surface area contributed by atoms with Crippen molar-refractivity contribution in [2.45, 2.75) is 20.3 Å². The van der Waals surface area contributed by atoms with Crippen molar-refractivity contribution in [3.8, 4) is 5.69 Å². The van der Waals surface area contributed by atoms with Crippen LogP contribution in [0.1, 0.15) is 27.9 Å². The second-order valence-electron chi connectivity index (χ2n) is 4.78. The van der Waals surface area contributed by atoms with Crippen LogP contribution in [0.2, 0.25) is 0 Å². The third kappa shape index (κ3) is 2.21. The molecule has 0 radical (unpaired) electrons. The highest BCUT2D eigenvalue weighted by molar-refractivity contribution is 7.20. The Bertz CT molecular complexity index is 851. The van der Waals surface area contributed by atoms with E-state index in [1.807, 2.05) is 13.8 Å². The summed E-state index contributed by atoms with van der Waals surface area (Å²) in [6.07, 6.45) is 0.708. The smallest absolute Gasteiger partial charge is 0.345 e. The Hall–Kier alpha value is -2.21. The van der Waals surface area contributed by atoms with Gasteiger partial charge >= 0.3 is 5.97 Å². The second kappa shape index (κ2) is 4.96. The summed E-state index contributed by atoms with van der Waals surface area (Å²) in [6.45, 7) is 3.78. The summed E-state index contributed by atoms with van der Waals surface area (Å²) in [5, 5.41) is 14.5. The number of aromatic carboxylic acids is 1. The summed E-state index contributed by atoms with van der Waals surface area (Å²) >= 11 is 1.18. The van der Waals surface area contributed by atoms with Crippen molar-refractivity contribution < 1.29 is 14.3 Å². The lowest BCUT2D eigenvalue weighted by Crippen LogP contribution is -2.00. The van der Waals surface area contributed by atoms with Gasteiger partial charge in [0.25, 0.3) is 0 Å². The van der Waals surface area contributed by atoms with E-state index in [4.69, 9.17) is 5.11 Å². The molecule has 21 heavy (non-hydrogen) atoms. The number of hydrogen-bond acceptors (Lipinski definition) is 3. The van der Waals surface area contributed by atoms with Gasteiger partial charge < -0.3 is 5.11 Å². The number of nitrogens with zero attached hydrogens (tertiary/aromatic N) is 2. The number of carboxylic acid groups (broad SMARTS) is 1. The number of halogens is 1. The standard InChI is InChI=1S/C15H13FN2O2S/c1-3-11-10-7-13(15(19)20)21-14(10)18(17-11)12-5-4-9(16)6-8(12)2/h4-7H,3H2,1-2H3,(H,19,20). The Balaban J connectivity index is 2.28. The Morgan fingerprint density at radius 1 is 1.43 bits per heavy atom. The van der Waals surface area contributed by atoms with Gasteiger partial charge in [0, 0.05) is 5.39 Å². The Labute approximate surface area is 124 Å². The molecule has 6 heteroatoms. The molecular formula is C15H13FN2O2S. The molecule has 0 aliphatic carbocycles. The summed E-state index contributed by atoms with van der Waals surface area (Å²) in [6, 6.07) is 6.15. The molecule has 0 saturated heterocycles. The van der Waals surface area contributed by atoms with E-state index in [-0.39, 0.29) is 10.7 Å². The van der Waals surface area contributed by atoms with Gasteiger partial charge in [0.05, 0.1) is 11.4 Å². The molecule has 0 aliphatic rings. The van der Waals surface area contributed by atoms with Crippen molar-refractivity contribution >= 4 is 27.5 Å². The van der Waals surface area contributed by atoms with Gasteiger partial charge in [-0.2, -0.15) is 5.10 Å². The van der Waals surface area contributed by atoms with E-state index in [9.17, 15) is 9.18 Å². The Morgan fingerprint density at radius 3 is 2.81 bits per heavy atom. The zero-order valence-electron chi connectivity index (χ0n) is 11.6. The molecule has 0 fully saturated rings. The number of fused-ring (bicyclic) bond motifs is 1. The second-order valence-corrected chi connectivity index (χ2v) is 5.81. The fraction of sp³-hybridized carbons (Fsp3) is 0.200. The molecule has 0 amide bonds. The highest BCUT2D eigenvalue weighted by atomic mass is 32.1. The maximum Gasteiger partial charge on any atom is 0.345 e. The molecule has 1 aromatic carbocycles. The molecule has 2 aromatic heterocycles. The molecule has 3 aromatic rings. The number of benzene rings is 1. The zero-order valence-corrected chi connectivity index (χ0v) is 12.4. The highest BCUT2D eigenvalue weighted by Crippen LogP contribution is 2.31. The van der Waals surface area contributed by atoms with Gasteiger partial charge in [0.15, 0.2) is 0 Å². The van der Waals surface area contributed by atoms with E-state index in [0.717, 1.165) is 27.2 Å². The first kappa shape index (κ1) is 13.8. The van der Waals surface area contributed by atoms with Crippen LogP contribution >= 0.6 is 11.3 Å². The summed E-state index contributed by atoms with van der Waals surface area (Å²) in [5.74, 6) is -1.24. The predicted molar refractivity (Wildman–Crippen MR) is 80.0 cm³/mol. The third-order valence-electron chi connectivity index (χ3n) is 3.37. The van der Waals surface area contributed by atoms with Crippen LogP contribution < -0.4 is 0 Å². The molecule has 1 N–H and O–H groups in total. The van der Waals surface area contributed by atoms with E-state index in [2.05, 4.69) is 5.10 Å². The molecule has 0 unspecified atom stereocenters. The lowest BCUT2D eigenvalue weighted by atomic mass is 10.2. The van der Waals surface area contributed by atoms with E-state index < -0.39 is 5.97 Å². The number of carbonyl (C=O) groups is 1. The SMILES string of the molecule is CCc1nn(-c2ccc(F)cc2C)c2sc(C(=O)O)cc12. The van der Waals surface area contributed by atoms with Crippen molar-refractivity contribution in [3.63, 3.8) is 0 Å². The van der Waals surface area contributed by atoms with Gasteiger partial charge in [-0.05, 0) is 43.2 Å². The normalized spacial score (nSPS) is 11.2. The summed E-state index contributed by atoms with van der Waals surface area (Å²) in [4.78, 5) is 12.2. The van der Waals surface area contributed by atoms with Gasteiger partial charge in [-0.15, -0.1) is 11.3 Å². The van der Waals surface area contributed by atoms with Crippen LogP contribution in [0.5, 0.6) is 0 Å². The highest BCUT2D eigenvalue weighted by Gasteiger charge is 2.18. The van der Waals surface area contributed by atoms with Crippen LogP contribution in [-0.4, -0.2) is 20.9 Å². The zero-order chi connectivity index (χ0) is 15.1.